The first-order valence-corrected chi connectivity index (χ1v) is 10.3. The third-order valence-electron chi connectivity index (χ3n) is 5.45. The average molecular weight is 402 g/mol. The van der Waals surface area contributed by atoms with E-state index in [0.29, 0.717) is 36.8 Å². The van der Waals surface area contributed by atoms with Crippen LogP contribution in [0.3, 0.4) is 0 Å². The summed E-state index contributed by atoms with van der Waals surface area (Å²) in [7, 11) is 0. The van der Waals surface area contributed by atoms with Gasteiger partial charge in [-0.15, -0.1) is 0 Å². The third-order valence-corrected chi connectivity index (χ3v) is 5.45. The van der Waals surface area contributed by atoms with Gasteiger partial charge in [-0.25, -0.2) is 0 Å². The molecule has 0 saturated heterocycles. The molecule has 1 aliphatic carbocycles. The molecule has 1 N–H and O–H groups in total. The molecule has 30 heavy (non-hydrogen) atoms. The normalized spacial score (nSPS) is 14.1. The number of aromatic nitrogens is 1. The van der Waals surface area contributed by atoms with Crippen LogP contribution in [-0.2, 0) is 11.3 Å². The maximum absolute atomic E-state index is 12.6. The van der Waals surface area contributed by atoms with E-state index >= 15 is 0 Å². The van der Waals surface area contributed by atoms with E-state index in [9.17, 15) is 4.79 Å². The maximum atomic E-state index is 12.6. The van der Waals surface area contributed by atoms with Gasteiger partial charge >= 0.3 is 0 Å². The van der Waals surface area contributed by atoms with E-state index in [0.717, 1.165) is 19.3 Å². The lowest BCUT2D eigenvalue weighted by Gasteiger charge is -2.16. The van der Waals surface area contributed by atoms with E-state index < -0.39 is 0 Å². The van der Waals surface area contributed by atoms with Crippen molar-refractivity contribution in [1.82, 2.24) is 10.3 Å². The summed E-state index contributed by atoms with van der Waals surface area (Å²) in [5.74, 6) is 1.24. The van der Waals surface area contributed by atoms with Crippen molar-refractivity contribution in [2.24, 2.45) is 5.41 Å². The molecule has 0 radical (unpaired) electrons. The summed E-state index contributed by atoms with van der Waals surface area (Å²) in [5.41, 5.74) is 1.96. The summed E-state index contributed by atoms with van der Waals surface area (Å²) in [5, 5.41) is 3.09. The molecule has 154 valence electrons. The number of pyridine rings is 1. The summed E-state index contributed by atoms with van der Waals surface area (Å²) in [4.78, 5) is 16.6. The van der Waals surface area contributed by atoms with Gasteiger partial charge in [0.25, 0.3) is 5.91 Å². The molecule has 4 rings (SSSR count). The first-order valence-electron chi connectivity index (χ1n) is 10.3. The van der Waals surface area contributed by atoms with Gasteiger partial charge in [0.15, 0.2) is 0 Å². The first kappa shape index (κ1) is 20.1. The second-order valence-corrected chi connectivity index (χ2v) is 7.78. The number of ether oxygens (including phenoxy) is 2. The smallest absolute Gasteiger partial charge is 0.251 e. The Morgan fingerprint density at radius 1 is 0.967 bits per heavy atom. The zero-order chi connectivity index (χ0) is 20.7. The molecule has 0 bridgehead atoms. The lowest BCUT2D eigenvalue weighted by Crippen LogP contribution is -2.30. The maximum Gasteiger partial charge on any atom is 0.251 e. The van der Waals surface area contributed by atoms with Crippen molar-refractivity contribution in [3.63, 3.8) is 0 Å². The minimum atomic E-state index is -0.0772. The van der Waals surface area contributed by atoms with Gasteiger partial charge in [-0.1, -0.05) is 36.4 Å². The van der Waals surface area contributed by atoms with E-state index in [-0.39, 0.29) is 11.3 Å². The van der Waals surface area contributed by atoms with Crippen LogP contribution in [0.4, 0.5) is 0 Å². The number of nitrogens with zero attached hydrogens (tertiary/aromatic N) is 1. The Hall–Kier alpha value is -3.18. The highest BCUT2D eigenvalue weighted by molar-refractivity contribution is 5.94. The van der Waals surface area contributed by atoms with E-state index in [1.165, 1.54) is 5.56 Å². The third kappa shape index (κ3) is 5.67. The lowest BCUT2D eigenvalue weighted by atomic mass is 10.0. The zero-order valence-corrected chi connectivity index (χ0v) is 16.9. The van der Waals surface area contributed by atoms with Crippen molar-refractivity contribution in [2.75, 3.05) is 13.2 Å². The van der Waals surface area contributed by atoms with Crippen LogP contribution < -0.4 is 10.1 Å². The highest BCUT2D eigenvalue weighted by Crippen LogP contribution is 2.48. The molecule has 5 nitrogen and oxygen atoms in total. The van der Waals surface area contributed by atoms with Gasteiger partial charge in [0.05, 0.1) is 6.61 Å². The molecule has 1 saturated carbocycles. The van der Waals surface area contributed by atoms with E-state index in [1.807, 2.05) is 30.3 Å². The van der Waals surface area contributed by atoms with Crippen LogP contribution in [0.15, 0.2) is 79.1 Å². The van der Waals surface area contributed by atoms with Gasteiger partial charge in [-0.2, -0.15) is 0 Å². The molecule has 2 aromatic carbocycles. The van der Waals surface area contributed by atoms with Crippen molar-refractivity contribution >= 4 is 5.91 Å². The number of carbonyl (C=O) groups excluding carboxylic acids is 1. The van der Waals surface area contributed by atoms with Crippen LogP contribution in [0.5, 0.6) is 11.5 Å². The molecule has 0 unspecified atom stereocenters. The number of nitrogens with one attached hydrogen (secondary N) is 1. The predicted octanol–water partition coefficient (Wildman–Crippen LogP) is 4.99. The minimum Gasteiger partial charge on any atom is -0.457 e. The average Bonchev–Trinajstić information content (AvgIpc) is 3.57. The molecule has 1 aliphatic rings. The molecule has 1 heterocycles. The largest absolute Gasteiger partial charge is 0.457 e. The van der Waals surface area contributed by atoms with Crippen LogP contribution in [0.25, 0.3) is 0 Å². The van der Waals surface area contributed by atoms with Crippen molar-refractivity contribution < 1.29 is 14.3 Å². The molecule has 1 amide bonds. The summed E-state index contributed by atoms with van der Waals surface area (Å²) in [6.07, 6.45) is 6.57. The summed E-state index contributed by atoms with van der Waals surface area (Å²) < 4.78 is 11.6. The quantitative estimate of drug-likeness (QED) is 0.485. The van der Waals surface area contributed by atoms with Crippen molar-refractivity contribution in [3.05, 3.63) is 90.3 Å². The lowest BCUT2D eigenvalue weighted by molar-refractivity contribution is 0.0908. The Morgan fingerprint density at radius 3 is 2.53 bits per heavy atom. The molecule has 3 aromatic rings. The number of hydrogen-bond donors (Lipinski definition) is 1. The fourth-order valence-corrected chi connectivity index (χ4v) is 3.36. The standard InChI is InChI=1S/C25H26N2O3/c28-24(21-7-4-8-23(17-21)30-22-9-14-26-15-10-22)27-19-25(11-12-25)13-16-29-18-20-5-2-1-3-6-20/h1-10,14-15,17H,11-13,16,18-19H2,(H,27,28). The Bertz CT molecular complexity index is 956. The second kappa shape index (κ2) is 9.55. The summed E-state index contributed by atoms with van der Waals surface area (Å²) >= 11 is 0. The first-order chi connectivity index (χ1) is 14.7. The van der Waals surface area contributed by atoms with Gasteiger partial charge in [0.2, 0.25) is 0 Å². The second-order valence-electron chi connectivity index (χ2n) is 7.78. The molecule has 0 spiro atoms. The number of benzene rings is 2. The summed E-state index contributed by atoms with van der Waals surface area (Å²) in [6, 6.07) is 21.0. The van der Waals surface area contributed by atoms with Crippen LogP contribution in [0.1, 0.15) is 35.2 Å². The molecular formula is C25H26N2O3. The Morgan fingerprint density at radius 2 is 1.77 bits per heavy atom. The van der Waals surface area contributed by atoms with Crippen molar-refractivity contribution in [3.8, 4) is 11.5 Å². The van der Waals surface area contributed by atoms with E-state index in [2.05, 4.69) is 22.4 Å². The van der Waals surface area contributed by atoms with Crippen LogP contribution >= 0.6 is 0 Å². The topological polar surface area (TPSA) is 60.5 Å². The summed E-state index contributed by atoms with van der Waals surface area (Å²) in [6.45, 7) is 2.02. The highest BCUT2D eigenvalue weighted by Gasteiger charge is 2.42. The number of hydrogen-bond acceptors (Lipinski definition) is 4. The van der Waals surface area contributed by atoms with Crippen LogP contribution in [-0.4, -0.2) is 24.0 Å². The van der Waals surface area contributed by atoms with Gasteiger partial charge in [0.1, 0.15) is 11.5 Å². The molecule has 0 atom stereocenters. The SMILES string of the molecule is O=C(NCC1(CCOCc2ccccc2)CC1)c1cccc(Oc2ccncc2)c1. The number of amides is 1. The molecular weight excluding hydrogens is 376 g/mol. The molecule has 1 fully saturated rings. The zero-order valence-electron chi connectivity index (χ0n) is 16.9. The fourth-order valence-electron chi connectivity index (χ4n) is 3.36. The van der Waals surface area contributed by atoms with Gasteiger partial charge in [-0.3, -0.25) is 9.78 Å². The van der Waals surface area contributed by atoms with Gasteiger partial charge in [0, 0.05) is 31.1 Å². The highest BCUT2D eigenvalue weighted by atomic mass is 16.5. The van der Waals surface area contributed by atoms with Crippen molar-refractivity contribution in [1.29, 1.82) is 0 Å². The minimum absolute atomic E-state index is 0.0772. The monoisotopic (exact) mass is 402 g/mol. The number of carbonyl (C=O) groups is 1. The van der Waals surface area contributed by atoms with Gasteiger partial charge < -0.3 is 14.8 Å². The number of rotatable bonds is 10. The molecule has 0 aliphatic heterocycles. The van der Waals surface area contributed by atoms with Gasteiger partial charge in [-0.05, 0) is 60.6 Å². The Labute approximate surface area is 177 Å². The fraction of sp³-hybridized carbons (Fsp3) is 0.280. The predicted molar refractivity (Wildman–Crippen MR) is 115 cm³/mol. The molecule has 5 heteroatoms. The Balaban J connectivity index is 1.23. The van der Waals surface area contributed by atoms with E-state index in [1.54, 1.807) is 36.7 Å². The van der Waals surface area contributed by atoms with Crippen molar-refractivity contribution in [2.45, 2.75) is 25.9 Å². The van der Waals surface area contributed by atoms with E-state index in [4.69, 9.17) is 9.47 Å². The van der Waals surface area contributed by atoms with Crippen LogP contribution in [0, 0.1) is 5.41 Å². The Kier molecular flexibility index (Phi) is 6.40. The molecule has 1 aromatic heterocycles. The van der Waals surface area contributed by atoms with Crippen LogP contribution in [0.2, 0.25) is 0 Å².